The van der Waals surface area contributed by atoms with Gasteiger partial charge in [0, 0.05) is 0 Å². The molecule has 82 valence electrons. The monoisotopic (exact) mass is 200 g/mol. The minimum atomic E-state index is -0.0915. The summed E-state index contributed by atoms with van der Waals surface area (Å²) in [5.41, 5.74) is 0. The van der Waals surface area contributed by atoms with Crippen molar-refractivity contribution in [1.82, 2.24) is 10.6 Å². The third-order valence-electron chi connectivity index (χ3n) is 2.69. The molecule has 1 amide bonds. The fourth-order valence-electron chi connectivity index (χ4n) is 1.65. The van der Waals surface area contributed by atoms with Crippen LogP contribution in [0.2, 0.25) is 0 Å². The Hall–Kier alpha value is -0.610. The molecule has 4 nitrogen and oxygen atoms in total. The number of piperidine rings is 1. The molecule has 0 spiro atoms. The van der Waals surface area contributed by atoms with Crippen molar-refractivity contribution < 1.29 is 9.90 Å². The van der Waals surface area contributed by atoms with Crippen LogP contribution in [0.1, 0.15) is 32.6 Å². The quantitative estimate of drug-likeness (QED) is 0.599. The van der Waals surface area contributed by atoms with Crippen LogP contribution in [0.5, 0.6) is 0 Å². The molecule has 2 atom stereocenters. The zero-order valence-corrected chi connectivity index (χ0v) is 8.75. The number of hydrogen-bond acceptors (Lipinski definition) is 3. The minimum absolute atomic E-state index is 0.0228. The summed E-state index contributed by atoms with van der Waals surface area (Å²) in [5, 5.41) is 15.0. The summed E-state index contributed by atoms with van der Waals surface area (Å²) in [7, 11) is 0. The molecular weight excluding hydrogens is 180 g/mol. The van der Waals surface area contributed by atoms with Gasteiger partial charge in [-0.2, -0.15) is 0 Å². The number of carbonyl (C=O) groups excluding carboxylic acids is 1. The molecule has 1 fully saturated rings. The lowest BCUT2D eigenvalue weighted by Crippen LogP contribution is -2.50. The number of carbonyl (C=O) groups is 1. The van der Waals surface area contributed by atoms with Gasteiger partial charge >= 0.3 is 0 Å². The summed E-state index contributed by atoms with van der Waals surface area (Å²) < 4.78 is 0. The molecule has 0 radical (unpaired) electrons. The number of nitrogens with one attached hydrogen (secondary N) is 2. The second-order valence-electron chi connectivity index (χ2n) is 3.80. The number of hydrogen-bond donors (Lipinski definition) is 3. The number of aliphatic hydroxyl groups excluding tert-OH is 1. The van der Waals surface area contributed by atoms with Crippen molar-refractivity contribution in [2.75, 3.05) is 13.2 Å². The molecule has 1 saturated heterocycles. The van der Waals surface area contributed by atoms with Gasteiger partial charge in [-0.25, -0.2) is 0 Å². The fourth-order valence-corrected chi connectivity index (χ4v) is 1.65. The molecule has 14 heavy (non-hydrogen) atoms. The van der Waals surface area contributed by atoms with Crippen molar-refractivity contribution in [2.45, 2.75) is 44.7 Å². The number of rotatable bonds is 4. The third kappa shape index (κ3) is 3.27. The maximum Gasteiger partial charge on any atom is 0.237 e. The van der Waals surface area contributed by atoms with Crippen LogP contribution in [-0.4, -0.2) is 36.2 Å². The molecule has 0 bridgehead atoms. The Labute approximate surface area is 85.1 Å². The third-order valence-corrected chi connectivity index (χ3v) is 2.69. The van der Waals surface area contributed by atoms with Gasteiger partial charge in [0.1, 0.15) is 0 Å². The highest BCUT2D eigenvalue weighted by Gasteiger charge is 2.21. The summed E-state index contributed by atoms with van der Waals surface area (Å²) >= 11 is 0. The van der Waals surface area contributed by atoms with Crippen molar-refractivity contribution >= 4 is 5.91 Å². The highest BCUT2D eigenvalue weighted by atomic mass is 16.3. The lowest BCUT2D eigenvalue weighted by atomic mass is 10.0. The van der Waals surface area contributed by atoms with Crippen LogP contribution in [-0.2, 0) is 4.79 Å². The normalized spacial score (nSPS) is 24.3. The highest BCUT2D eigenvalue weighted by Crippen LogP contribution is 2.07. The smallest absolute Gasteiger partial charge is 0.237 e. The van der Waals surface area contributed by atoms with E-state index in [0.717, 1.165) is 32.2 Å². The van der Waals surface area contributed by atoms with Gasteiger partial charge in [-0.3, -0.25) is 4.79 Å². The van der Waals surface area contributed by atoms with Crippen molar-refractivity contribution in [3.63, 3.8) is 0 Å². The van der Waals surface area contributed by atoms with Crippen LogP contribution in [0.4, 0.5) is 0 Å². The summed E-state index contributed by atoms with van der Waals surface area (Å²) in [6.07, 6.45) is 3.95. The first-order valence-corrected chi connectivity index (χ1v) is 5.42. The van der Waals surface area contributed by atoms with E-state index in [0.29, 0.717) is 0 Å². The van der Waals surface area contributed by atoms with E-state index in [1.165, 1.54) is 0 Å². The molecule has 0 aromatic heterocycles. The second-order valence-corrected chi connectivity index (χ2v) is 3.80. The summed E-state index contributed by atoms with van der Waals surface area (Å²) in [5.74, 6) is 0.0330. The maximum atomic E-state index is 11.6. The minimum Gasteiger partial charge on any atom is -0.394 e. The van der Waals surface area contributed by atoms with Crippen molar-refractivity contribution in [3.05, 3.63) is 0 Å². The molecule has 4 heteroatoms. The predicted molar refractivity (Wildman–Crippen MR) is 54.9 cm³/mol. The highest BCUT2D eigenvalue weighted by molar-refractivity contribution is 5.82. The van der Waals surface area contributed by atoms with Gasteiger partial charge in [0.05, 0.1) is 18.7 Å². The van der Waals surface area contributed by atoms with Crippen molar-refractivity contribution in [1.29, 1.82) is 0 Å². The van der Waals surface area contributed by atoms with E-state index in [1.54, 1.807) is 0 Å². The van der Waals surface area contributed by atoms with Gasteiger partial charge < -0.3 is 15.7 Å². The van der Waals surface area contributed by atoms with Crippen LogP contribution < -0.4 is 10.6 Å². The van der Waals surface area contributed by atoms with Crippen LogP contribution in [0.15, 0.2) is 0 Å². The lowest BCUT2D eigenvalue weighted by molar-refractivity contribution is -0.124. The average Bonchev–Trinajstić information content (AvgIpc) is 2.26. The molecular formula is C10H20N2O2. The lowest BCUT2D eigenvalue weighted by Gasteiger charge is -2.24. The summed E-state index contributed by atoms with van der Waals surface area (Å²) in [4.78, 5) is 11.6. The molecule has 0 aliphatic carbocycles. The van der Waals surface area contributed by atoms with Gasteiger partial charge in [-0.15, -0.1) is 0 Å². The number of amides is 1. The zero-order chi connectivity index (χ0) is 10.4. The fraction of sp³-hybridized carbons (Fsp3) is 0.900. The van der Waals surface area contributed by atoms with Crippen LogP contribution in [0.25, 0.3) is 0 Å². The molecule has 1 heterocycles. The molecule has 1 aliphatic heterocycles. The van der Waals surface area contributed by atoms with E-state index < -0.39 is 0 Å². The van der Waals surface area contributed by atoms with Crippen LogP contribution in [0, 0.1) is 0 Å². The Morgan fingerprint density at radius 3 is 2.93 bits per heavy atom. The van der Waals surface area contributed by atoms with E-state index >= 15 is 0 Å². The van der Waals surface area contributed by atoms with E-state index in [-0.39, 0.29) is 24.6 Å². The van der Waals surface area contributed by atoms with Gasteiger partial charge in [0.25, 0.3) is 0 Å². The molecule has 3 N–H and O–H groups in total. The Morgan fingerprint density at radius 1 is 1.64 bits per heavy atom. The Balaban J connectivity index is 2.32. The van der Waals surface area contributed by atoms with Crippen molar-refractivity contribution in [2.24, 2.45) is 0 Å². The van der Waals surface area contributed by atoms with Gasteiger partial charge in [-0.05, 0) is 25.8 Å². The van der Waals surface area contributed by atoms with Gasteiger partial charge in [0.2, 0.25) is 5.91 Å². The molecule has 1 aliphatic rings. The first-order chi connectivity index (χ1) is 6.77. The zero-order valence-electron chi connectivity index (χ0n) is 8.75. The Bertz CT molecular complexity index is 175. The second kappa shape index (κ2) is 5.98. The molecule has 0 aromatic rings. The van der Waals surface area contributed by atoms with E-state index in [2.05, 4.69) is 10.6 Å². The largest absolute Gasteiger partial charge is 0.394 e. The van der Waals surface area contributed by atoms with Crippen LogP contribution in [0.3, 0.4) is 0 Å². The first-order valence-electron chi connectivity index (χ1n) is 5.42. The average molecular weight is 200 g/mol. The predicted octanol–water partition coefficient (Wildman–Crippen LogP) is 0.0156. The van der Waals surface area contributed by atoms with E-state index in [9.17, 15) is 4.79 Å². The van der Waals surface area contributed by atoms with E-state index in [1.807, 2.05) is 6.92 Å². The van der Waals surface area contributed by atoms with Gasteiger partial charge in [-0.1, -0.05) is 13.3 Å². The summed E-state index contributed by atoms with van der Waals surface area (Å²) in [6.45, 7) is 2.90. The van der Waals surface area contributed by atoms with E-state index in [4.69, 9.17) is 5.11 Å². The SMILES string of the molecule is CCC(CO)NC(=O)C1CCCCN1. The molecule has 0 saturated carbocycles. The Kier molecular flexibility index (Phi) is 4.90. The standard InChI is InChI=1S/C10H20N2O2/c1-2-8(7-13)12-10(14)9-5-3-4-6-11-9/h8-9,11,13H,2-7H2,1H3,(H,12,14). The molecule has 1 rings (SSSR count). The first kappa shape index (κ1) is 11.5. The topological polar surface area (TPSA) is 61.4 Å². The van der Waals surface area contributed by atoms with Crippen LogP contribution >= 0.6 is 0 Å². The summed E-state index contributed by atoms with van der Waals surface area (Å²) in [6, 6.07) is -0.143. The van der Waals surface area contributed by atoms with Gasteiger partial charge in [0.15, 0.2) is 0 Å². The number of aliphatic hydroxyl groups is 1. The Morgan fingerprint density at radius 2 is 2.43 bits per heavy atom. The maximum absolute atomic E-state index is 11.6. The molecule has 0 aromatic carbocycles. The van der Waals surface area contributed by atoms with Crippen molar-refractivity contribution in [3.8, 4) is 0 Å². The molecule has 2 unspecified atom stereocenters.